The summed E-state index contributed by atoms with van der Waals surface area (Å²) in [6.45, 7) is 1.39. The predicted molar refractivity (Wildman–Crippen MR) is 74.8 cm³/mol. The van der Waals surface area contributed by atoms with Crippen LogP contribution in [-0.4, -0.2) is 10.9 Å². The van der Waals surface area contributed by atoms with E-state index in [0.717, 1.165) is 11.1 Å². The Morgan fingerprint density at radius 1 is 1.32 bits per heavy atom. The van der Waals surface area contributed by atoms with E-state index in [1.54, 1.807) is 12.1 Å². The highest BCUT2D eigenvalue weighted by Gasteiger charge is 2.10. The van der Waals surface area contributed by atoms with E-state index < -0.39 is 0 Å². The molecule has 19 heavy (non-hydrogen) atoms. The molecule has 2 nitrogen and oxygen atoms in total. The molecule has 2 aromatic rings. The molecule has 98 valence electrons. The SMILES string of the molecule is CC(=O)C=C(O)c1sccc1Cc1ccc(F)cc1. The Labute approximate surface area is 114 Å². The van der Waals surface area contributed by atoms with Gasteiger partial charge in [-0.05, 0) is 48.1 Å². The zero-order valence-electron chi connectivity index (χ0n) is 10.4. The van der Waals surface area contributed by atoms with Crippen molar-refractivity contribution in [2.45, 2.75) is 13.3 Å². The Morgan fingerprint density at radius 2 is 2.00 bits per heavy atom. The number of rotatable bonds is 4. The topological polar surface area (TPSA) is 37.3 Å². The van der Waals surface area contributed by atoms with Crippen LogP contribution in [0.3, 0.4) is 0 Å². The molecule has 0 saturated carbocycles. The molecule has 2 rings (SSSR count). The van der Waals surface area contributed by atoms with Crippen molar-refractivity contribution in [3.8, 4) is 0 Å². The number of halogens is 1. The van der Waals surface area contributed by atoms with E-state index in [1.807, 2.05) is 11.4 Å². The standard InChI is InChI=1S/C15H13FO2S/c1-10(17)8-14(18)15-12(6-7-19-15)9-11-2-4-13(16)5-3-11/h2-8,18H,9H2,1H3. The van der Waals surface area contributed by atoms with Crippen LogP contribution in [0.15, 0.2) is 41.8 Å². The molecule has 0 aliphatic carbocycles. The number of aliphatic hydroxyl groups is 1. The van der Waals surface area contributed by atoms with Gasteiger partial charge < -0.3 is 5.11 Å². The summed E-state index contributed by atoms with van der Waals surface area (Å²) >= 11 is 1.38. The van der Waals surface area contributed by atoms with E-state index in [4.69, 9.17) is 0 Å². The number of thiophene rings is 1. The lowest BCUT2D eigenvalue weighted by molar-refractivity contribution is -0.112. The molecule has 0 atom stereocenters. The third-order valence-electron chi connectivity index (χ3n) is 2.63. The first-order valence-electron chi connectivity index (χ1n) is 5.78. The van der Waals surface area contributed by atoms with Crippen LogP contribution in [0.5, 0.6) is 0 Å². The van der Waals surface area contributed by atoms with Gasteiger partial charge >= 0.3 is 0 Å². The average molecular weight is 276 g/mol. The Balaban J connectivity index is 2.25. The van der Waals surface area contributed by atoms with Gasteiger partial charge in [0.25, 0.3) is 0 Å². The zero-order chi connectivity index (χ0) is 13.8. The molecule has 0 fully saturated rings. The monoisotopic (exact) mass is 276 g/mol. The summed E-state index contributed by atoms with van der Waals surface area (Å²) in [4.78, 5) is 11.7. The van der Waals surface area contributed by atoms with Crippen LogP contribution in [-0.2, 0) is 11.2 Å². The van der Waals surface area contributed by atoms with Gasteiger partial charge in [-0.15, -0.1) is 11.3 Å². The Morgan fingerprint density at radius 3 is 2.63 bits per heavy atom. The number of aliphatic hydroxyl groups excluding tert-OH is 1. The molecule has 0 radical (unpaired) electrons. The molecule has 4 heteroatoms. The first-order valence-corrected chi connectivity index (χ1v) is 6.66. The smallest absolute Gasteiger partial charge is 0.156 e. The molecule has 0 amide bonds. The number of benzene rings is 1. The van der Waals surface area contributed by atoms with Crippen LogP contribution in [0, 0.1) is 5.82 Å². The Kier molecular flexibility index (Phi) is 4.12. The third kappa shape index (κ3) is 3.51. The Bertz CT molecular complexity index is 611. The van der Waals surface area contributed by atoms with Crippen LogP contribution in [0.4, 0.5) is 4.39 Å². The molecule has 0 saturated heterocycles. The first kappa shape index (κ1) is 13.5. The van der Waals surface area contributed by atoms with Gasteiger partial charge in [0, 0.05) is 6.08 Å². The molecule has 0 spiro atoms. The van der Waals surface area contributed by atoms with E-state index in [0.29, 0.717) is 11.3 Å². The predicted octanol–water partition coefficient (Wildman–Crippen LogP) is 3.97. The lowest BCUT2D eigenvalue weighted by atomic mass is 10.0. The van der Waals surface area contributed by atoms with E-state index in [1.165, 1.54) is 36.5 Å². The van der Waals surface area contributed by atoms with Gasteiger partial charge in [-0.3, -0.25) is 4.79 Å². The minimum Gasteiger partial charge on any atom is -0.506 e. The second-order valence-electron chi connectivity index (χ2n) is 4.22. The van der Waals surface area contributed by atoms with Crippen molar-refractivity contribution in [3.05, 3.63) is 63.6 Å². The largest absolute Gasteiger partial charge is 0.506 e. The van der Waals surface area contributed by atoms with Gasteiger partial charge in [-0.25, -0.2) is 4.39 Å². The molecule has 0 aliphatic heterocycles. The average Bonchev–Trinajstić information content (AvgIpc) is 2.79. The number of allylic oxidation sites excluding steroid dienone is 1. The fourth-order valence-corrected chi connectivity index (χ4v) is 2.62. The van der Waals surface area contributed by atoms with Crippen LogP contribution < -0.4 is 0 Å². The summed E-state index contributed by atoms with van der Waals surface area (Å²) in [5, 5.41) is 11.7. The molecule has 0 unspecified atom stereocenters. The van der Waals surface area contributed by atoms with E-state index in [-0.39, 0.29) is 17.4 Å². The number of carbonyl (C=O) groups is 1. The molecule has 1 aromatic heterocycles. The fourth-order valence-electron chi connectivity index (χ4n) is 1.78. The van der Waals surface area contributed by atoms with Gasteiger partial charge in [-0.1, -0.05) is 12.1 Å². The lowest BCUT2D eigenvalue weighted by Gasteiger charge is -2.03. The van der Waals surface area contributed by atoms with E-state index >= 15 is 0 Å². The maximum absolute atomic E-state index is 12.8. The summed E-state index contributed by atoms with van der Waals surface area (Å²) in [6.07, 6.45) is 1.80. The lowest BCUT2D eigenvalue weighted by Crippen LogP contribution is -1.93. The van der Waals surface area contributed by atoms with Gasteiger partial charge in [0.15, 0.2) is 5.78 Å². The van der Waals surface area contributed by atoms with Gasteiger partial charge in [0.2, 0.25) is 0 Å². The minimum atomic E-state index is -0.270. The summed E-state index contributed by atoms with van der Waals surface area (Å²) in [7, 11) is 0. The van der Waals surface area contributed by atoms with Crippen LogP contribution >= 0.6 is 11.3 Å². The quantitative estimate of drug-likeness (QED) is 0.677. The number of hydrogen-bond donors (Lipinski definition) is 1. The molecule has 1 N–H and O–H groups in total. The second-order valence-corrected chi connectivity index (χ2v) is 5.13. The second kappa shape index (κ2) is 5.80. The molecular weight excluding hydrogens is 263 g/mol. The van der Waals surface area contributed by atoms with E-state index in [9.17, 15) is 14.3 Å². The van der Waals surface area contributed by atoms with Crippen molar-refractivity contribution >= 4 is 22.9 Å². The van der Waals surface area contributed by atoms with Crippen molar-refractivity contribution in [1.82, 2.24) is 0 Å². The number of ketones is 1. The highest BCUT2D eigenvalue weighted by Crippen LogP contribution is 2.26. The normalized spacial score (nSPS) is 11.6. The molecule has 0 bridgehead atoms. The van der Waals surface area contributed by atoms with Gasteiger partial charge in [0.1, 0.15) is 11.6 Å². The first-order chi connectivity index (χ1) is 9.06. The van der Waals surface area contributed by atoms with Gasteiger partial charge in [-0.2, -0.15) is 0 Å². The van der Waals surface area contributed by atoms with Crippen molar-refractivity contribution in [2.75, 3.05) is 0 Å². The molecule has 0 aliphatic rings. The number of hydrogen-bond acceptors (Lipinski definition) is 3. The minimum absolute atomic E-state index is 0.0142. The van der Waals surface area contributed by atoms with Crippen LogP contribution in [0.2, 0.25) is 0 Å². The Hall–Kier alpha value is -1.94. The maximum atomic E-state index is 12.8. The van der Waals surface area contributed by atoms with Crippen molar-refractivity contribution < 1.29 is 14.3 Å². The summed E-state index contributed by atoms with van der Waals surface area (Å²) < 4.78 is 12.8. The summed E-state index contributed by atoms with van der Waals surface area (Å²) in [5.41, 5.74) is 1.88. The molecular formula is C15H13FO2S. The third-order valence-corrected chi connectivity index (χ3v) is 3.61. The summed E-state index contributed by atoms with van der Waals surface area (Å²) in [6, 6.07) is 8.14. The van der Waals surface area contributed by atoms with Crippen molar-refractivity contribution in [1.29, 1.82) is 0 Å². The van der Waals surface area contributed by atoms with E-state index in [2.05, 4.69) is 0 Å². The molecule has 1 heterocycles. The van der Waals surface area contributed by atoms with Crippen molar-refractivity contribution in [3.63, 3.8) is 0 Å². The number of carbonyl (C=O) groups excluding carboxylic acids is 1. The van der Waals surface area contributed by atoms with Crippen molar-refractivity contribution in [2.24, 2.45) is 0 Å². The highest BCUT2D eigenvalue weighted by atomic mass is 32.1. The molecule has 1 aromatic carbocycles. The van der Waals surface area contributed by atoms with Crippen LogP contribution in [0.25, 0.3) is 5.76 Å². The highest BCUT2D eigenvalue weighted by molar-refractivity contribution is 7.11. The summed E-state index contributed by atoms with van der Waals surface area (Å²) in [5.74, 6) is -0.480. The fraction of sp³-hybridized carbons (Fsp3) is 0.133. The maximum Gasteiger partial charge on any atom is 0.156 e. The van der Waals surface area contributed by atoms with Gasteiger partial charge in [0.05, 0.1) is 4.88 Å². The zero-order valence-corrected chi connectivity index (χ0v) is 11.2. The van der Waals surface area contributed by atoms with Crippen LogP contribution in [0.1, 0.15) is 22.9 Å².